The molecule has 2 aromatic heterocycles. The molecule has 94 valence electrons. The molecule has 7 heteroatoms. The fourth-order valence-electron chi connectivity index (χ4n) is 1.39. The van der Waals surface area contributed by atoms with Gasteiger partial charge >= 0.3 is 0 Å². The molecule has 0 aliphatic heterocycles. The number of nitrogens with zero attached hydrogens (tertiary/aromatic N) is 3. The normalized spacial score (nSPS) is 9.89. The van der Waals surface area contributed by atoms with Crippen molar-refractivity contribution in [2.45, 2.75) is 6.54 Å². The van der Waals surface area contributed by atoms with Crippen LogP contribution in [-0.2, 0) is 6.54 Å². The smallest absolute Gasteiger partial charge is 0.213 e. The van der Waals surface area contributed by atoms with Gasteiger partial charge in [0.05, 0.1) is 19.5 Å². The lowest BCUT2D eigenvalue weighted by atomic mass is 10.2. The summed E-state index contributed by atoms with van der Waals surface area (Å²) in [6.07, 6.45) is 4.86. The van der Waals surface area contributed by atoms with E-state index < -0.39 is 0 Å². The van der Waals surface area contributed by atoms with Gasteiger partial charge < -0.3 is 15.5 Å². The summed E-state index contributed by atoms with van der Waals surface area (Å²) in [5, 5.41) is 3.13. The van der Waals surface area contributed by atoms with E-state index in [4.69, 9.17) is 10.6 Å². The van der Waals surface area contributed by atoms with E-state index in [-0.39, 0.29) is 0 Å². The van der Waals surface area contributed by atoms with Crippen molar-refractivity contribution in [3.63, 3.8) is 0 Å². The number of nitrogens with one attached hydrogen (secondary N) is 2. The van der Waals surface area contributed by atoms with E-state index in [1.165, 1.54) is 0 Å². The number of ether oxygens (including phenoxy) is 1. The standard InChI is InChI=1S/C11H14N6O/c1-18-11-4-8(2-3-14-11)5-15-9-6-13-7-10(16-9)17-12/h2-4,6-7H,5,12H2,1H3,(H2,15,16,17). The molecule has 0 aromatic carbocycles. The maximum absolute atomic E-state index is 5.26. The van der Waals surface area contributed by atoms with E-state index in [1.54, 1.807) is 25.7 Å². The molecule has 0 spiro atoms. The topological polar surface area (TPSA) is 98.0 Å². The van der Waals surface area contributed by atoms with Gasteiger partial charge in [-0.25, -0.2) is 15.8 Å². The molecule has 0 atom stereocenters. The fraction of sp³-hybridized carbons (Fsp3) is 0.182. The molecule has 0 saturated carbocycles. The third kappa shape index (κ3) is 3.05. The Hall–Kier alpha value is -2.41. The zero-order chi connectivity index (χ0) is 12.8. The lowest BCUT2D eigenvalue weighted by molar-refractivity contribution is 0.397. The van der Waals surface area contributed by atoms with Crippen molar-refractivity contribution in [1.29, 1.82) is 0 Å². The van der Waals surface area contributed by atoms with E-state index in [0.29, 0.717) is 24.1 Å². The van der Waals surface area contributed by atoms with Crippen molar-refractivity contribution in [2.75, 3.05) is 17.9 Å². The molecule has 0 bridgehead atoms. The minimum absolute atomic E-state index is 0.507. The molecule has 0 radical (unpaired) electrons. The Labute approximate surface area is 104 Å². The summed E-state index contributed by atoms with van der Waals surface area (Å²) in [5.41, 5.74) is 3.48. The summed E-state index contributed by atoms with van der Waals surface area (Å²) in [7, 11) is 1.58. The highest BCUT2D eigenvalue weighted by Crippen LogP contribution is 2.11. The SMILES string of the molecule is COc1cc(CNc2cncc(NN)n2)ccn1. The lowest BCUT2D eigenvalue weighted by Gasteiger charge is -2.07. The number of anilines is 2. The number of rotatable bonds is 5. The van der Waals surface area contributed by atoms with E-state index in [2.05, 4.69) is 25.7 Å². The Morgan fingerprint density at radius 3 is 2.94 bits per heavy atom. The molecule has 7 nitrogen and oxygen atoms in total. The average Bonchev–Trinajstić information content (AvgIpc) is 2.45. The highest BCUT2D eigenvalue weighted by molar-refractivity contribution is 5.41. The quantitative estimate of drug-likeness (QED) is 0.529. The van der Waals surface area contributed by atoms with Crippen LogP contribution in [0.1, 0.15) is 5.56 Å². The molecule has 0 fully saturated rings. The van der Waals surface area contributed by atoms with Gasteiger partial charge in [0.25, 0.3) is 0 Å². The highest BCUT2D eigenvalue weighted by Gasteiger charge is 1.99. The third-order valence-corrected chi connectivity index (χ3v) is 2.26. The first-order valence-corrected chi connectivity index (χ1v) is 5.33. The van der Waals surface area contributed by atoms with Gasteiger partial charge in [0.1, 0.15) is 5.82 Å². The van der Waals surface area contributed by atoms with Crippen LogP contribution in [0.4, 0.5) is 11.6 Å². The first kappa shape index (κ1) is 12.1. The van der Waals surface area contributed by atoms with E-state index >= 15 is 0 Å². The number of aromatic nitrogens is 3. The molecule has 2 rings (SSSR count). The second-order valence-electron chi connectivity index (χ2n) is 3.49. The predicted molar refractivity (Wildman–Crippen MR) is 68.0 cm³/mol. The predicted octanol–water partition coefficient (Wildman–Crippen LogP) is 0.778. The second-order valence-corrected chi connectivity index (χ2v) is 3.49. The van der Waals surface area contributed by atoms with Gasteiger partial charge in [-0.05, 0) is 11.6 Å². The fourth-order valence-corrected chi connectivity index (χ4v) is 1.39. The Morgan fingerprint density at radius 2 is 2.17 bits per heavy atom. The first-order valence-electron chi connectivity index (χ1n) is 5.33. The number of nitrogens with two attached hydrogens (primary N) is 1. The Balaban J connectivity index is 2.01. The number of methoxy groups -OCH3 is 1. The van der Waals surface area contributed by atoms with Gasteiger partial charge in [-0.2, -0.15) is 0 Å². The van der Waals surface area contributed by atoms with Crippen molar-refractivity contribution in [1.82, 2.24) is 15.0 Å². The van der Waals surface area contributed by atoms with Gasteiger partial charge in [0.2, 0.25) is 5.88 Å². The summed E-state index contributed by atoms with van der Waals surface area (Å²) >= 11 is 0. The van der Waals surface area contributed by atoms with Crippen LogP contribution < -0.4 is 21.3 Å². The molecule has 2 heterocycles. The van der Waals surface area contributed by atoms with Crippen molar-refractivity contribution in [3.05, 3.63) is 36.3 Å². The van der Waals surface area contributed by atoms with E-state index in [0.717, 1.165) is 5.56 Å². The molecule has 2 aromatic rings. The minimum Gasteiger partial charge on any atom is -0.481 e. The van der Waals surface area contributed by atoms with Crippen LogP contribution in [0.25, 0.3) is 0 Å². The van der Waals surface area contributed by atoms with Crippen LogP contribution in [0.3, 0.4) is 0 Å². The highest BCUT2D eigenvalue weighted by atomic mass is 16.5. The number of hydrogen-bond acceptors (Lipinski definition) is 7. The second kappa shape index (κ2) is 5.78. The average molecular weight is 246 g/mol. The van der Waals surface area contributed by atoms with Gasteiger partial charge in [-0.1, -0.05) is 0 Å². The van der Waals surface area contributed by atoms with Crippen LogP contribution in [0.5, 0.6) is 5.88 Å². The van der Waals surface area contributed by atoms with Crippen molar-refractivity contribution in [2.24, 2.45) is 5.84 Å². The van der Waals surface area contributed by atoms with Gasteiger partial charge in [0.15, 0.2) is 5.82 Å². The molecule has 0 aliphatic rings. The van der Waals surface area contributed by atoms with Gasteiger partial charge in [0, 0.05) is 18.8 Å². The molecular formula is C11H14N6O. The Bertz CT molecular complexity index is 471. The summed E-state index contributed by atoms with van der Waals surface area (Å²) < 4.78 is 5.05. The minimum atomic E-state index is 0.507. The molecule has 4 N–H and O–H groups in total. The van der Waals surface area contributed by atoms with Crippen LogP contribution in [-0.4, -0.2) is 22.1 Å². The van der Waals surface area contributed by atoms with Crippen molar-refractivity contribution in [3.8, 4) is 5.88 Å². The molecule has 18 heavy (non-hydrogen) atoms. The summed E-state index contributed by atoms with van der Waals surface area (Å²) in [5.74, 6) is 6.99. The zero-order valence-corrected chi connectivity index (χ0v) is 9.92. The van der Waals surface area contributed by atoms with Gasteiger partial charge in [-0.15, -0.1) is 0 Å². The van der Waals surface area contributed by atoms with Crippen molar-refractivity contribution < 1.29 is 4.74 Å². The Morgan fingerprint density at radius 1 is 1.33 bits per heavy atom. The molecule has 0 saturated heterocycles. The number of pyridine rings is 1. The first-order chi connectivity index (χ1) is 8.81. The van der Waals surface area contributed by atoms with Gasteiger partial charge in [-0.3, -0.25) is 4.98 Å². The van der Waals surface area contributed by atoms with Crippen LogP contribution in [0, 0.1) is 0 Å². The van der Waals surface area contributed by atoms with Crippen molar-refractivity contribution >= 4 is 11.6 Å². The van der Waals surface area contributed by atoms with E-state index in [1.807, 2.05) is 12.1 Å². The van der Waals surface area contributed by atoms with E-state index in [9.17, 15) is 0 Å². The van der Waals surface area contributed by atoms with Crippen LogP contribution >= 0.6 is 0 Å². The number of hydrogen-bond donors (Lipinski definition) is 3. The molecular weight excluding hydrogens is 232 g/mol. The van der Waals surface area contributed by atoms with Crippen LogP contribution in [0.2, 0.25) is 0 Å². The summed E-state index contributed by atoms with van der Waals surface area (Å²) in [6.45, 7) is 0.599. The summed E-state index contributed by atoms with van der Waals surface area (Å²) in [6, 6.07) is 3.75. The molecule has 0 unspecified atom stereocenters. The monoisotopic (exact) mass is 246 g/mol. The Kier molecular flexibility index (Phi) is 3.87. The number of nitrogen functional groups attached to an aromatic ring is 1. The maximum Gasteiger partial charge on any atom is 0.213 e. The number of hydrazine groups is 1. The molecule has 0 aliphatic carbocycles. The zero-order valence-electron chi connectivity index (χ0n) is 9.92. The maximum atomic E-state index is 5.26. The third-order valence-electron chi connectivity index (χ3n) is 2.26. The summed E-state index contributed by atoms with van der Waals surface area (Å²) in [4.78, 5) is 12.2. The lowest BCUT2D eigenvalue weighted by Crippen LogP contribution is -2.10. The van der Waals surface area contributed by atoms with Crippen LogP contribution in [0.15, 0.2) is 30.7 Å². The largest absolute Gasteiger partial charge is 0.481 e. The molecule has 0 amide bonds.